The van der Waals surface area contributed by atoms with Crippen molar-refractivity contribution in [1.82, 2.24) is 19.4 Å². The molecule has 198 valence electrons. The van der Waals surface area contributed by atoms with Crippen LogP contribution in [0.2, 0.25) is 0 Å². The third-order valence-corrected chi connectivity index (χ3v) is 7.43. The molecule has 0 aliphatic carbocycles. The van der Waals surface area contributed by atoms with E-state index in [2.05, 4.69) is 15.5 Å². The van der Waals surface area contributed by atoms with Gasteiger partial charge in [-0.1, -0.05) is 31.7 Å². The normalized spacial score (nSPS) is 20.6. The number of nitrogens with one attached hydrogen (secondary N) is 2. The number of carbonyl (C=O) groups is 2. The zero-order chi connectivity index (χ0) is 25.7. The highest BCUT2D eigenvalue weighted by atomic mass is 19.3. The van der Waals surface area contributed by atoms with Crippen LogP contribution in [0.15, 0.2) is 23.0 Å². The lowest BCUT2D eigenvalue weighted by atomic mass is 10.1. The molecule has 1 aromatic heterocycles. The van der Waals surface area contributed by atoms with Crippen LogP contribution >= 0.6 is 0 Å². The van der Waals surface area contributed by atoms with Crippen LogP contribution in [0.3, 0.4) is 0 Å². The van der Waals surface area contributed by atoms with Crippen LogP contribution in [-0.2, 0) is 16.6 Å². The molecule has 10 heteroatoms. The number of hydrogen-bond acceptors (Lipinski definition) is 5. The molecule has 2 amide bonds. The summed E-state index contributed by atoms with van der Waals surface area (Å²) in [5.41, 5.74) is 2.01. The number of rotatable bonds is 11. The van der Waals surface area contributed by atoms with E-state index in [4.69, 9.17) is 0 Å². The van der Waals surface area contributed by atoms with Crippen LogP contribution in [0.25, 0.3) is 11.0 Å². The van der Waals surface area contributed by atoms with Gasteiger partial charge in [0.1, 0.15) is 6.04 Å². The van der Waals surface area contributed by atoms with Crippen molar-refractivity contribution in [2.45, 2.75) is 76.2 Å². The first-order chi connectivity index (χ1) is 17.3. The number of anilines is 1. The molecule has 1 aromatic carbocycles. The number of halogens is 2. The van der Waals surface area contributed by atoms with Crippen molar-refractivity contribution in [3.8, 4) is 0 Å². The largest absolute Gasteiger partial charge is 0.383 e. The molecule has 0 bridgehead atoms. The Morgan fingerprint density at radius 1 is 1.03 bits per heavy atom. The van der Waals surface area contributed by atoms with Gasteiger partial charge in [-0.05, 0) is 37.9 Å². The Balaban J connectivity index is 1.21. The predicted molar refractivity (Wildman–Crippen MR) is 135 cm³/mol. The number of imidazole rings is 1. The van der Waals surface area contributed by atoms with Crippen LogP contribution in [-0.4, -0.2) is 58.0 Å². The Kier molecular flexibility index (Phi) is 8.43. The maximum absolute atomic E-state index is 13.2. The lowest BCUT2D eigenvalue weighted by molar-refractivity contribution is -0.135. The first-order valence-corrected chi connectivity index (χ1v) is 13.1. The highest BCUT2D eigenvalue weighted by Gasteiger charge is 2.33. The van der Waals surface area contributed by atoms with Gasteiger partial charge in [-0.2, -0.15) is 0 Å². The van der Waals surface area contributed by atoms with Crippen molar-refractivity contribution in [3.05, 3.63) is 28.7 Å². The Bertz CT molecular complexity index is 1130. The molecule has 2 aliphatic rings. The summed E-state index contributed by atoms with van der Waals surface area (Å²) in [5.74, 6) is -3.21. The van der Waals surface area contributed by atoms with E-state index in [1.54, 1.807) is 11.6 Å². The lowest BCUT2D eigenvalue weighted by Gasteiger charge is -2.31. The van der Waals surface area contributed by atoms with Gasteiger partial charge in [0, 0.05) is 45.9 Å². The van der Waals surface area contributed by atoms with E-state index < -0.39 is 17.9 Å². The number of imide groups is 1. The molecule has 4 rings (SSSR count). The molecule has 36 heavy (non-hydrogen) atoms. The average molecular weight is 506 g/mol. The number of alkyl halides is 2. The Labute approximate surface area is 210 Å². The second kappa shape index (κ2) is 11.5. The van der Waals surface area contributed by atoms with Gasteiger partial charge in [-0.15, -0.1) is 0 Å². The third kappa shape index (κ3) is 6.14. The van der Waals surface area contributed by atoms with Crippen LogP contribution < -0.4 is 16.3 Å². The molecule has 1 unspecified atom stereocenters. The number of aromatic nitrogens is 2. The van der Waals surface area contributed by atoms with Crippen molar-refractivity contribution >= 4 is 28.5 Å². The molecule has 2 aliphatic heterocycles. The maximum atomic E-state index is 13.2. The van der Waals surface area contributed by atoms with Gasteiger partial charge in [-0.3, -0.25) is 24.0 Å². The first kappa shape index (κ1) is 26.3. The number of aryl methyl sites for hydroxylation is 1. The number of unbranched alkanes of at least 4 members (excludes halogenated alkanes) is 5. The number of likely N-dealkylation sites (tertiary alicyclic amines) is 1. The molecular weight excluding hydrogens is 468 g/mol. The second-order valence-corrected chi connectivity index (χ2v) is 10.1. The van der Waals surface area contributed by atoms with E-state index >= 15 is 0 Å². The van der Waals surface area contributed by atoms with Crippen molar-refractivity contribution in [2.24, 2.45) is 7.05 Å². The molecule has 2 fully saturated rings. The van der Waals surface area contributed by atoms with Gasteiger partial charge < -0.3 is 10.2 Å². The summed E-state index contributed by atoms with van der Waals surface area (Å²) in [4.78, 5) is 39.1. The Hall–Kier alpha value is -2.75. The number of amides is 2. The van der Waals surface area contributed by atoms with E-state index in [9.17, 15) is 23.2 Å². The zero-order valence-corrected chi connectivity index (χ0v) is 21.0. The highest BCUT2D eigenvalue weighted by molar-refractivity contribution is 6.00. The number of hydrogen-bond donors (Lipinski definition) is 2. The van der Waals surface area contributed by atoms with E-state index in [0.29, 0.717) is 25.0 Å². The highest BCUT2D eigenvalue weighted by Crippen LogP contribution is 2.28. The molecular formula is C26H37F2N5O3. The topological polar surface area (TPSA) is 88.4 Å². The fourth-order valence-electron chi connectivity index (χ4n) is 5.31. The average Bonchev–Trinajstić information content (AvgIpc) is 3.09. The number of benzene rings is 1. The molecule has 1 atom stereocenters. The number of carbonyl (C=O) groups excluding carboxylic acids is 2. The third-order valence-electron chi connectivity index (χ3n) is 7.43. The number of piperidine rings is 2. The first-order valence-electron chi connectivity index (χ1n) is 13.1. The van der Waals surface area contributed by atoms with Gasteiger partial charge in [0.05, 0.1) is 16.7 Å². The molecule has 0 radical (unpaired) electrons. The minimum absolute atomic E-state index is 0.0104. The minimum atomic E-state index is -2.47. The SMILES string of the molecule is Cn1c(=O)n(C2CCC(=O)NC2=O)c2cccc(NCCCCCCCCN3CCC(F)(F)CC3)c21. The maximum Gasteiger partial charge on any atom is 0.329 e. The van der Waals surface area contributed by atoms with Gasteiger partial charge in [-0.25, -0.2) is 13.6 Å². The van der Waals surface area contributed by atoms with E-state index in [1.807, 2.05) is 18.2 Å². The van der Waals surface area contributed by atoms with Crippen LogP contribution in [0.5, 0.6) is 0 Å². The monoisotopic (exact) mass is 505 g/mol. The van der Waals surface area contributed by atoms with Gasteiger partial charge in [0.2, 0.25) is 11.8 Å². The Morgan fingerprint density at radius 3 is 2.44 bits per heavy atom. The summed E-state index contributed by atoms with van der Waals surface area (Å²) in [6.07, 6.45) is 7.06. The molecule has 2 saturated heterocycles. The second-order valence-electron chi connectivity index (χ2n) is 10.1. The van der Waals surface area contributed by atoms with Gasteiger partial charge in [0.15, 0.2) is 0 Å². The summed E-state index contributed by atoms with van der Waals surface area (Å²) >= 11 is 0. The standard InChI is InChI=1S/C26H37F2N5O3/c1-31-23-19(9-8-10-20(23)33(25(31)36)21-11-12-22(34)30-24(21)35)29-15-6-4-2-3-5-7-16-32-17-13-26(27,28)14-18-32/h8-10,21,29H,2-7,11-18H2,1H3,(H,30,34,35). The predicted octanol–water partition coefficient (Wildman–Crippen LogP) is 3.80. The Morgan fingerprint density at radius 2 is 1.72 bits per heavy atom. The molecule has 3 heterocycles. The summed E-state index contributed by atoms with van der Waals surface area (Å²) in [7, 11) is 1.70. The number of para-hydroxylation sites is 1. The summed E-state index contributed by atoms with van der Waals surface area (Å²) in [5, 5.41) is 5.78. The van der Waals surface area contributed by atoms with Crippen LogP contribution in [0.1, 0.15) is 70.3 Å². The fraction of sp³-hybridized carbons (Fsp3) is 0.654. The zero-order valence-electron chi connectivity index (χ0n) is 21.0. The van der Waals surface area contributed by atoms with Crippen LogP contribution in [0.4, 0.5) is 14.5 Å². The van der Waals surface area contributed by atoms with E-state index in [1.165, 1.54) is 4.57 Å². The number of nitrogens with zero attached hydrogens (tertiary/aromatic N) is 3. The van der Waals surface area contributed by atoms with Crippen molar-refractivity contribution in [2.75, 3.05) is 31.5 Å². The van der Waals surface area contributed by atoms with Crippen molar-refractivity contribution in [1.29, 1.82) is 0 Å². The smallest absolute Gasteiger partial charge is 0.329 e. The number of fused-ring (bicyclic) bond motifs is 1. The minimum Gasteiger partial charge on any atom is -0.383 e. The molecule has 2 N–H and O–H groups in total. The van der Waals surface area contributed by atoms with Crippen molar-refractivity contribution in [3.63, 3.8) is 0 Å². The molecule has 2 aromatic rings. The van der Waals surface area contributed by atoms with E-state index in [0.717, 1.165) is 62.8 Å². The van der Waals surface area contributed by atoms with Crippen LogP contribution in [0, 0.1) is 0 Å². The fourth-order valence-corrected chi connectivity index (χ4v) is 5.31. The summed E-state index contributed by atoms with van der Waals surface area (Å²) in [6, 6.07) is 4.95. The summed E-state index contributed by atoms with van der Waals surface area (Å²) in [6.45, 7) is 2.71. The van der Waals surface area contributed by atoms with E-state index in [-0.39, 0.29) is 30.9 Å². The lowest BCUT2D eigenvalue weighted by Crippen LogP contribution is -2.44. The summed E-state index contributed by atoms with van der Waals surface area (Å²) < 4.78 is 29.5. The molecule has 0 saturated carbocycles. The molecule has 0 spiro atoms. The van der Waals surface area contributed by atoms with Gasteiger partial charge in [0.25, 0.3) is 5.92 Å². The van der Waals surface area contributed by atoms with Crippen molar-refractivity contribution < 1.29 is 18.4 Å². The van der Waals surface area contributed by atoms with Gasteiger partial charge >= 0.3 is 5.69 Å². The quantitative estimate of drug-likeness (QED) is 0.358. The molecule has 8 nitrogen and oxygen atoms in total.